The van der Waals surface area contributed by atoms with Crippen LogP contribution in [-0.4, -0.2) is 49.3 Å². The molecule has 2 unspecified atom stereocenters. The van der Waals surface area contributed by atoms with Gasteiger partial charge in [-0.2, -0.15) is 0 Å². The number of phosphoric ester groups is 1. The van der Waals surface area contributed by atoms with Crippen LogP contribution in [0.5, 0.6) is 0 Å². The minimum atomic E-state index is -4.38. The normalized spacial score (nSPS) is 13.0. The first-order valence-corrected chi connectivity index (χ1v) is 33.7. The van der Waals surface area contributed by atoms with Gasteiger partial charge in [-0.1, -0.05) is 309 Å². The number of carbonyl (C=O) groups is 2. The molecule has 9 nitrogen and oxygen atoms in total. The van der Waals surface area contributed by atoms with E-state index in [1.54, 1.807) is 0 Å². The number of carbonyl (C=O) groups excluding carboxylic acids is 2. The molecule has 0 fully saturated rings. The van der Waals surface area contributed by atoms with Gasteiger partial charge in [0.1, 0.15) is 6.61 Å². The first-order valence-electron chi connectivity index (χ1n) is 32.2. The Hall–Kier alpha value is -1.25. The molecule has 0 aromatic carbocycles. The Kier molecular flexibility index (Phi) is 59.0. The van der Waals surface area contributed by atoms with Crippen LogP contribution in [0.2, 0.25) is 0 Å². The fourth-order valence-corrected chi connectivity index (χ4v) is 10.6. The largest absolute Gasteiger partial charge is 0.472 e. The van der Waals surface area contributed by atoms with Gasteiger partial charge in [-0.3, -0.25) is 18.6 Å². The summed E-state index contributed by atoms with van der Waals surface area (Å²) in [5, 5.41) is 0. The van der Waals surface area contributed by atoms with Crippen LogP contribution in [0.25, 0.3) is 0 Å². The molecule has 0 rings (SSSR count). The van der Waals surface area contributed by atoms with Gasteiger partial charge < -0.3 is 20.1 Å². The van der Waals surface area contributed by atoms with Crippen LogP contribution in [0.4, 0.5) is 0 Å². The number of hydrogen-bond donors (Lipinski definition) is 2. The maximum atomic E-state index is 12.7. The average Bonchev–Trinajstić information content (AvgIpc) is 3.38. The van der Waals surface area contributed by atoms with E-state index in [2.05, 4.69) is 26.0 Å². The summed E-state index contributed by atoms with van der Waals surface area (Å²) in [6.45, 7) is 3.83. The molecule has 0 saturated heterocycles. The second kappa shape index (κ2) is 60.0. The number of ether oxygens (including phenoxy) is 2. The van der Waals surface area contributed by atoms with E-state index < -0.39 is 26.5 Å². The maximum Gasteiger partial charge on any atom is 0.472 e. The number of hydrogen-bond acceptors (Lipinski definition) is 8. The Morgan fingerprint density at radius 1 is 0.397 bits per heavy atom. The van der Waals surface area contributed by atoms with E-state index in [0.29, 0.717) is 6.42 Å². The number of allylic oxidation sites excluding steroid dienone is 2. The summed E-state index contributed by atoms with van der Waals surface area (Å²) in [6, 6.07) is 0. The van der Waals surface area contributed by atoms with Crippen molar-refractivity contribution in [3.63, 3.8) is 0 Å². The zero-order valence-electron chi connectivity index (χ0n) is 48.7. The van der Waals surface area contributed by atoms with Crippen molar-refractivity contribution in [2.45, 2.75) is 354 Å². The maximum absolute atomic E-state index is 12.7. The Balaban J connectivity index is 3.86. The van der Waals surface area contributed by atoms with Gasteiger partial charge in [0.2, 0.25) is 0 Å². The number of esters is 2. The molecule has 2 atom stereocenters. The van der Waals surface area contributed by atoms with E-state index in [-0.39, 0.29) is 38.6 Å². The topological polar surface area (TPSA) is 134 Å². The molecule has 0 radical (unpaired) electrons. The smallest absolute Gasteiger partial charge is 0.462 e. The molecule has 10 heteroatoms. The first kappa shape index (κ1) is 71.8. The summed E-state index contributed by atoms with van der Waals surface area (Å²) in [5.74, 6) is -0.803. The standard InChI is InChI=1S/C63H124NO8P/c1-3-5-7-9-11-13-15-17-19-21-23-25-27-29-30-32-34-36-38-40-42-44-46-48-50-52-54-56-63(66)72-61(60-71-73(67,68)70-58-57-64)59-69-62(65)55-53-51-49-47-45-43-41-39-37-35-33-31-28-26-24-22-20-18-16-14-12-10-8-6-4-2/h21,23,61H,3-20,22,24-60,64H2,1-2H3,(H,67,68)/b23-21-. The summed E-state index contributed by atoms with van der Waals surface area (Å²) in [7, 11) is -4.38. The second-order valence-electron chi connectivity index (χ2n) is 22.0. The number of unbranched alkanes of at least 4 members (excludes halogenated alkanes) is 47. The van der Waals surface area contributed by atoms with Crippen molar-refractivity contribution < 1.29 is 37.6 Å². The molecule has 0 aromatic rings. The van der Waals surface area contributed by atoms with Crippen molar-refractivity contribution >= 4 is 19.8 Å². The Bertz CT molecular complexity index is 1200. The predicted octanol–water partition coefficient (Wildman–Crippen LogP) is 20.4. The van der Waals surface area contributed by atoms with Crippen molar-refractivity contribution in [2.75, 3.05) is 26.4 Å². The molecule has 0 bridgehead atoms. The zero-order valence-corrected chi connectivity index (χ0v) is 49.6. The Morgan fingerprint density at radius 2 is 0.671 bits per heavy atom. The van der Waals surface area contributed by atoms with Gasteiger partial charge in [0.25, 0.3) is 0 Å². The van der Waals surface area contributed by atoms with Crippen LogP contribution in [0.15, 0.2) is 12.2 Å². The highest BCUT2D eigenvalue weighted by Crippen LogP contribution is 2.43. The number of phosphoric acid groups is 1. The fraction of sp³-hybridized carbons (Fsp3) is 0.937. The second-order valence-corrected chi connectivity index (χ2v) is 23.4. The third-order valence-corrected chi connectivity index (χ3v) is 15.6. The lowest BCUT2D eigenvalue weighted by Gasteiger charge is -2.19. The molecule has 3 N–H and O–H groups in total. The molecule has 0 saturated carbocycles. The lowest BCUT2D eigenvalue weighted by molar-refractivity contribution is -0.161. The summed E-state index contributed by atoms with van der Waals surface area (Å²) < 4.78 is 33.1. The molecule has 73 heavy (non-hydrogen) atoms. The molecular weight excluding hydrogens is 930 g/mol. The monoisotopic (exact) mass is 1050 g/mol. The summed E-state index contributed by atoms with van der Waals surface area (Å²) >= 11 is 0. The third kappa shape index (κ3) is 59.8. The molecule has 434 valence electrons. The first-order chi connectivity index (χ1) is 35.8. The van der Waals surface area contributed by atoms with E-state index in [1.807, 2.05) is 0 Å². The van der Waals surface area contributed by atoms with Gasteiger partial charge in [0.15, 0.2) is 6.10 Å². The molecule has 0 spiro atoms. The highest BCUT2D eigenvalue weighted by Gasteiger charge is 2.26. The van der Waals surface area contributed by atoms with Crippen molar-refractivity contribution in [1.29, 1.82) is 0 Å². The molecule has 0 aromatic heterocycles. The molecule has 0 amide bonds. The average molecular weight is 1050 g/mol. The van der Waals surface area contributed by atoms with Crippen LogP contribution in [0, 0.1) is 0 Å². The van der Waals surface area contributed by atoms with E-state index in [1.165, 1.54) is 283 Å². The van der Waals surface area contributed by atoms with Crippen LogP contribution in [0.1, 0.15) is 348 Å². The lowest BCUT2D eigenvalue weighted by Crippen LogP contribution is -2.29. The van der Waals surface area contributed by atoms with Gasteiger partial charge in [0.05, 0.1) is 13.2 Å². The van der Waals surface area contributed by atoms with Crippen molar-refractivity contribution in [1.82, 2.24) is 0 Å². The van der Waals surface area contributed by atoms with E-state index in [4.69, 9.17) is 24.3 Å². The van der Waals surface area contributed by atoms with E-state index in [0.717, 1.165) is 32.1 Å². The zero-order chi connectivity index (χ0) is 53.1. The molecule has 0 heterocycles. The minimum absolute atomic E-state index is 0.0574. The highest BCUT2D eigenvalue weighted by atomic mass is 31.2. The SMILES string of the molecule is CCCCCCCCCC/C=C\CCCCCCCCCCCCCCCCCC(=O)OC(COC(=O)CCCCCCCCCCCCCCCCCCCCCCCCCCC)COP(=O)(O)OCCN. The molecule has 0 aliphatic carbocycles. The lowest BCUT2D eigenvalue weighted by atomic mass is 10.0. The Morgan fingerprint density at radius 3 is 0.973 bits per heavy atom. The van der Waals surface area contributed by atoms with Gasteiger partial charge in [0, 0.05) is 19.4 Å². The fourth-order valence-electron chi connectivity index (χ4n) is 9.87. The summed E-state index contributed by atoms with van der Waals surface area (Å²) in [5.41, 5.74) is 5.39. The quantitative estimate of drug-likeness (QED) is 0.0264. The van der Waals surface area contributed by atoms with E-state index in [9.17, 15) is 19.0 Å². The van der Waals surface area contributed by atoms with Crippen molar-refractivity contribution in [3.8, 4) is 0 Å². The predicted molar refractivity (Wildman–Crippen MR) is 312 cm³/mol. The third-order valence-electron chi connectivity index (χ3n) is 14.7. The highest BCUT2D eigenvalue weighted by molar-refractivity contribution is 7.47. The Labute approximate surface area is 453 Å². The van der Waals surface area contributed by atoms with E-state index >= 15 is 0 Å². The van der Waals surface area contributed by atoms with Gasteiger partial charge in [-0.05, 0) is 38.5 Å². The minimum Gasteiger partial charge on any atom is -0.462 e. The molecular formula is C63H124NO8P. The van der Waals surface area contributed by atoms with Crippen LogP contribution in [-0.2, 0) is 32.7 Å². The van der Waals surface area contributed by atoms with Crippen LogP contribution < -0.4 is 5.73 Å². The van der Waals surface area contributed by atoms with Crippen molar-refractivity contribution in [2.24, 2.45) is 5.73 Å². The number of rotatable bonds is 62. The number of nitrogens with two attached hydrogens (primary N) is 1. The van der Waals surface area contributed by atoms with Crippen LogP contribution >= 0.6 is 7.82 Å². The van der Waals surface area contributed by atoms with Gasteiger partial charge >= 0.3 is 19.8 Å². The summed E-state index contributed by atoms with van der Waals surface area (Å²) in [6.07, 6.45) is 70.0. The van der Waals surface area contributed by atoms with Crippen molar-refractivity contribution in [3.05, 3.63) is 12.2 Å². The molecule has 0 aliphatic rings. The molecule has 0 aliphatic heterocycles. The van der Waals surface area contributed by atoms with Gasteiger partial charge in [-0.15, -0.1) is 0 Å². The van der Waals surface area contributed by atoms with Gasteiger partial charge in [-0.25, -0.2) is 4.57 Å². The van der Waals surface area contributed by atoms with Crippen LogP contribution in [0.3, 0.4) is 0 Å². The summed E-state index contributed by atoms with van der Waals surface area (Å²) in [4.78, 5) is 35.3.